The van der Waals surface area contributed by atoms with Crippen LogP contribution in [0.5, 0.6) is 0 Å². The number of nitrogens with zero attached hydrogens (tertiary/aromatic N) is 3. The number of fused-ring (bicyclic) bond motifs is 5. The van der Waals surface area contributed by atoms with E-state index in [0.717, 1.165) is 29.6 Å². The Bertz CT molecular complexity index is 1110. The number of para-hydroxylation sites is 2. The molecule has 1 aliphatic carbocycles. The van der Waals surface area contributed by atoms with Gasteiger partial charge >= 0.3 is 0 Å². The number of hydrogen-bond donors (Lipinski definition) is 1. The van der Waals surface area contributed by atoms with Crippen molar-refractivity contribution < 1.29 is 5.11 Å². The van der Waals surface area contributed by atoms with E-state index in [-0.39, 0.29) is 5.88 Å². The lowest BCUT2D eigenvalue weighted by atomic mass is 9.93. The molecule has 2 aromatic carbocycles. The van der Waals surface area contributed by atoms with Crippen LogP contribution in [0.25, 0.3) is 27.8 Å². The fraction of sp³-hybridized carbons (Fsp3) is 0.227. The van der Waals surface area contributed by atoms with Gasteiger partial charge < -0.3 is 9.67 Å². The van der Waals surface area contributed by atoms with Gasteiger partial charge in [-0.1, -0.05) is 36.4 Å². The number of rotatable bonds is 4. The minimum atomic E-state index is -0.582. The Balaban J connectivity index is 1.74. The Labute approximate surface area is 162 Å². The summed E-state index contributed by atoms with van der Waals surface area (Å²) in [4.78, 5) is 0. The van der Waals surface area contributed by atoms with E-state index in [9.17, 15) is 5.11 Å². The van der Waals surface area contributed by atoms with Crippen LogP contribution in [-0.4, -0.2) is 31.4 Å². The molecule has 2 heterocycles. The summed E-state index contributed by atoms with van der Waals surface area (Å²) < 4.78 is 4.25. The second kappa shape index (κ2) is 6.55. The van der Waals surface area contributed by atoms with Crippen LogP contribution in [-0.2, 0) is 19.4 Å². The number of aromatic nitrogens is 3. The van der Waals surface area contributed by atoms with Crippen molar-refractivity contribution in [1.29, 1.82) is 0 Å². The Morgan fingerprint density at radius 1 is 1.04 bits per heavy atom. The van der Waals surface area contributed by atoms with Gasteiger partial charge in [-0.3, -0.25) is 0 Å². The highest BCUT2D eigenvalue weighted by Gasteiger charge is 2.28. The lowest BCUT2D eigenvalue weighted by molar-refractivity contribution is 0.179. The van der Waals surface area contributed by atoms with Crippen LogP contribution in [0.4, 0.5) is 0 Å². The average molecular weight is 378 g/mol. The van der Waals surface area contributed by atoms with E-state index in [1.165, 1.54) is 22.3 Å². The van der Waals surface area contributed by atoms with E-state index >= 15 is 0 Å². The lowest BCUT2D eigenvalue weighted by Gasteiger charge is -2.19. The number of alkyl halides is 1. The van der Waals surface area contributed by atoms with Crippen LogP contribution in [0.1, 0.15) is 11.3 Å². The van der Waals surface area contributed by atoms with E-state index in [2.05, 4.69) is 34.9 Å². The number of aliphatic hydroxyl groups excluding tert-OH is 1. The summed E-state index contributed by atoms with van der Waals surface area (Å²) >= 11 is 5.91. The second-order valence-electron chi connectivity index (χ2n) is 7.02. The number of halogens is 1. The molecule has 0 aliphatic heterocycles. The smallest absolute Gasteiger partial charge is 0.0854 e. The van der Waals surface area contributed by atoms with Crippen molar-refractivity contribution in [2.75, 3.05) is 5.88 Å². The van der Waals surface area contributed by atoms with Gasteiger partial charge in [0.1, 0.15) is 0 Å². The maximum Gasteiger partial charge on any atom is 0.0854 e. The van der Waals surface area contributed by atoms with Crippen molar-refractivity contribution in [3.8, 4) is 16.9 Å². The first kappa shape index (κ1) is 16.6. The van der Waals surface area contributed by atoms with Gasteiger partial charge in [0.05, 0.1) is 41.8 Å². The Morgan fingerprint density at radius 3 is 2.63 bits per heavy atom. The average Bonchev–Trinajstić information content (AvgIpc) is 3.28. The molecule has 0 saturated heterocycles. The van der Waals surface area contributed by atoms with E-state index in [4.69, 9.17) is 16.7 Å². The van der Waals surface area contributed by atoms with Crippen LogP contribution < -0.4 is 0 Å². The van der Waals surface area contributed by atoms with Crippen LogP contribution in [0, 0.1) is 0 Å². The highest BCUT2D eigenvalue weighted by atomic mass is 35.5. The van der Waals surface area contributed by atoms with Gasteiger partial charge in [0, 0.05) is 16.5 Å². The minimum absolute atomic E-state index is 0.220. The summed E-state index contributed by atoms with van der Waals surface area (Å²) in [7, 11) is 0. The molecular formula is C22H20ClN3O. The quantitative estimate of drug-likeness (QED) is 0.542. The molecular weight excluding hydrogens is 358 g/mol. The molecule has 0 spiro atoms. The molecule has 5 heteroatoms. The number of aryl methyl sites for hydroxylation is 1. The van der Waals surface area contributed by atoms with E-state index in [1.54, 1.807) is 0 Å². The highest BCUT2D eigenvalue weighted by molar-refractivity contribution is 6.18. The molecule has 1 N–H and O–H groups in total. The van der Waals surface area contributed by atoms with Gasteiger partial charge in [0.25, 0.3) is 0 Å². The Hall–Kier alpha value is -2.56. The van der Waals surface area contributed by atoms with Crippen molar-refractivity contribution in [3.05, 3.63) is 72.1 Å². The van der Waals surface area contributed by atoms with E-state index < -0.39 is 6.10 Å². The first-order valence-corrected chi connectivity index (χ1v) is 9.78. The van der Waals surface area contributed by atoms with Gasteiger partial charge in [-0.05, 0) is 36.6 Å². The summed E-state index contributed by atoms with van der Waals surface area (Å²) in [6.07, 6.45) is 3.29. The lowest BCUT2D eigenvalue weighted by Crippen LogP contribution is -2.19. The van der Waals surface area contributed by atoms with Crippen LogP contribution in [0.3, 0.4) is 0 Å². The Kier molecular flexibility index (Phi) is 4.03. The first-order chi connectivity index (χ1) is 13.3. The number of aliphatic hydroxyl groups is 1. The molecule has 0 radical (unpaired) electrons. The summed E-state index contributed by atoms with van der Waals surface area (Å²) in [6, 6.07) is 18.7. The van der Waals surface area contributed by atoms with E-state index in [1.807, 2.05) is 35.1 Å². The normalized spacial score (nSPS) is 14.1. The maximum atomic E-state index is 10.2. The molecule has 1 atom stereocenters. The zero-order valence-electron chi connectivity index (χ0n) is 14.8. The summed E-state index contributed by atoms with van der Waals surface area (Å²) in [5.41, 5.74) is 7.10. The van der Waals surface area contributed by atoms with Crippen molar-refractivity contribution in [1.82, 2.24) is 14.3 Å². The zero-order valence-corrected chi connectivity index (χ0v) is 15.6. The molecule has 1 aliphatic rings. The topological polar surface area (TPSA) is 43.0 Å². The maximum absolute atomic E-state index is 10.2. The molecule has 0 saturated carbocycles. The third-order valence-electron chi connectivity index (χ3n) is 5.38. The molecule has 27 heavy (non-hydrogen) atoms. The summed E-state index contributed by atoms with van der Waals surface area (Å²) in [5, 5.41) is 16.2. The van der Waals surface area contributed by atoms with Gasteiger partial charge in [-0.25, -0.2) is 4.68 Å². The van der Waals surface area contributed by atoms with Crippen molar-refractivity contribution >= 4 is 22.5 Å². The summed E-state index contributed by atoms with van der Waals surface area (Å²) in [5.74, 6) is 0.220. The predicted octanol–water partition coefficient (Wildman–Crippen LogP) is 4.19. The van der Waals surface area contributed by atoms with Gasteiger partial charge in [0.15, 0.2) is 0 Å². The molecule has 4 aromatic rings. The first-order valence-electron chi connectivity index (χ1n) is 9.24. The standard InChI is InChI=1S/C22H20ClN3O/c23-12-16(27)14-25-20-9-5-4-8-17(20)18-10-11-21-19(22(18)25)13-24-26(21)15-6-2-1-3-7-15/h1-9,13,16,27H,10-12,14H2/t16-/m0/s1. The minimum Gasteiger partial charge on any atom is -0.390 e. The molecule has 136 valence electrons. The molecule has 5 rings (SSSR count). The zero-order chi connectivity index (χ0) is 18.4. The third kappa shape index (κ3) is 2.59. The van der Waals surface area contributed by atoms with Crippen molar-refractivity contribution in [3.63, 3.8) is 0 Å². The van der Waals surface area contributed by atoms with Crippen molar-refractivity contribution in [2.24, 2.45) is 0 Å². The van der Waals surface area contributed by atoms with Crippen molar-refractivity contribution in [2.45, 2.75) is 25.5 Å². The van der Waals surface area contributed by atoms with Gasteiger partial charge in [0.2, 0.25) is 0 Å². The molecule has 0 bridgehead atoms. The third-order valence-corrected chi connectivity index (χ3v) is 5.74. The molecule has 4 nitrogen and oxygen atoms in total. The van der Waals surface area contributed by atoms with E-state index in [0.29, 0.717) is 6.54 Å². The van der Waals surface area contributed by atoms with Gasteiger partial charge in [-0.15, -0.1) is 11.6 Å². The molecule has 0 unspecified atom stereocenters. The molecule has 0 fully saturated rings. The fourth-order valence-corrected chi connectivity index (χ4v) is 4.33. The number of hydrogen-bond acceptors (Lipinski definition) is 2. The van der Waals surface area contributed by atoms with Crippen LogP contribution in [0.15, 0.2) is 60.8 Å². The van der Waals surface area contributed by atoms with Crippen LogP contribution in [0.2, 0.25) is 0 Å². The fourth-order valence-electron chi connectivity index (χ4n) is 4.23. The predicted molar refractivity (Wildman–Crippen MR) is 109 cm³/mol. The Morgan fingerprint density at radius 2 is 1.81 bits per heavy atom. The molecule has 2 aromatic heterocycles. The molecule has 0 amide bonds. The van der Waals surface area contributed by atoms with Gasteiger partial charge in [-0.2, -0.15) is 5.10 Å². The van der Waals surface area contributed by atoms with Crippen LogP contribution >= 0.6 is 11.6 Å². The number of benzene rings is 2. The monoisotopic (exact) mass is 377 g/mol. The second-order valence-corrected chi connectivity index (χ2v) is 7.32. The largest absolute Gasteiger partial charge is 0.390 e. The highest BCUT2D eigenvalue weighted by Crippen LogP contribution is 2.40. The SMILES string of the molecule is O[C@@H](CCl)Cn1c2c(c3ccccc31)CCc1c-2cnn1-c1ccccc1. The summed E-state index contributed by atoms with van der Waals surface area (Å²) in [6.45, 7) is 0.481.